The molecule has 0 spiro atoms. The molecular weight excluding hydrogens is 317 g/mol. The lowest BCUT2D eigenvalue weighted by Gasteiger charge is -2.20. The molecule has 1 aromatic carbocycles. The van der Waals surface area contributed by atoms with Gasteiger partial charge in [0.15, 0.2) is 0 Å². The summed E-state index contributed by atoms with van der Waals surface area (Å²) in [6.45, 7) is 6.42. The van der Waals surface area contributed by atoms with Gasteiger partial charge in [-0.25, -0.2) is 4.39 Å². The Morgan fingerprint density at radius 3 is 2.61 bits per heavy atom. The zero-order chi connectivity index (χ0) is 17.1. The lowest BCUT2D eigenvalue weighted by atomic mass is 10.0. The highest BCUT2D eigenvalue weighted by Gasteiger charge is 2.20. The summed E-state index contributed by atoms with van der Waals surface area (Å²) < 4.78 is 15.4. The fourth-order valence-corrected chi connectivity index (χ4v) is 2.95. The maximum absolute atomic E-state index is 13.5. The van der Waals surface area contributed by atoms with Gasteiger partial charge in [0, 0.05) is 30.9 Å². The van der Waals surface area contributed by atoms with Gasteiger partial charge in [0.2, 0.25) is 0 Å². The number of aromatic nitrogens is 2. The van der Waals surface area contributed by atoms with Crippen LogP contribution >= 0.6 is 11.6 Å². The lowest BCUT2D eigenvalue weighted by molar-refractivity contribution is 0.169. The van der Waals surface area contributed by atoms with E-state index in [-0.39, 0.29) is 11.1 Å². The van der Waals surface area contributed by atoms with Gasteiger partial charge < -0.3 is 10.4 Å². The first kappa shape index (κ1) is 17.9. The van der Waals surface area contributed by atoms with Crippen LogP contribution < -0.4 is 5.32 Å². The average Bonchev–Trinajstić information content (AvgIpc) is 2.76. The zero-order valence-electron chi connectivity index (χ0n) is 13.9. The molecule has 1 aromatic heterocycles. The molecule has 1 heterocycles. The number of aliphatic hydroxyl groups excluding tert-OH is 1. The summed E-state index contributed by atoms with van der Waals surface area (Å²) in [5.74, 6) is -0.519. The molecule has 126 valence electrons. The predicted molar refractivity (Wildman–Crippen MR) is 90.1 cm³/mol. The normalized spacial score (nSPS) is 14.0. The van der Waals surface area contributed by atoms with Crippen molar-refractivity contribution in [3.8, 4) is 0 Å². The van der Waals surface area contributed by atoms with Crippen LogP contribution in [0, 0.1) is 19.7 Å². The molecule has 0 aliphatic carbocycles. The smallest absolute Gasteiger partial charge is 0.142 e. The zero-order valence-corrected chi connectivity index (χ0v) is 14.7. The fraction of sp³-hybridized carbons (Fsp3) is 0.471. The number of hydrogen-bond donors (Lipinski definition) is 2. The van der Waals surface area contributed by atoms with Gasteiger partial charge in [0.25, 0.3) is 0 Å². The highest BCUT2D eigenvalue weighted by Crippen LogP contribution is 2.25. The van der Waals surface area contributed by atoms with Gasteiger partial charge in [-0.2, -0.15) is 5.10 Å². The molecule has 4 nitrogen and oxygen atoms in total. The van der Waals surface area contributed by atoms with Crippen molar-refractivity contribution < 1.29 is 9.50 Å². The third-order valence-electron chi connectivity index (χ3n) is 4.21. The van der Waals surface area contributed by atoms with Gasteiger partial charge in [0.05, 0.1) is 16.8 Å². The van der Waals surface area contributed by atoms with E-state index in [4.69, 9.17) is 11.6 Å². The Bertz CT molecular complexity index is 687. The number of hydrogen-bond acceptors (Lipinski definition) is 3. The van der Waals surface area contributed by atoms with Crippen molar-refractivity contribution in [2.24, 2.45) is 7.05 Å². The summed E-state index contributed by atoms with van der Waals surface area (Å²) in [7, 11) is 1.92. The first-order chi connectivity index (χ1) is 10.8. The van der Waals surface area contributed by atoms with E-state index in [0.29, 0.717) is 12.1 Å². The Hall–Kier alpha value is -1.43. The Kier molecular flexibility index (Phi) is 5.79. The molecule has 6 heteroatoms. The second kappa shape index (κ2) is 7.43. The third kappa shape index (κ3) is 3.91. The first-order valence-corrected chi connectivity index (χ1v) is 8.09. The molecule has 0 aliphatic heterocycles. The predicted octanol–water partition coefficient (Wildman–Crippen LogP) is 3.60. The molecule has 2 atom stereocenters. The SMILES string of the molecule is CCC(NCC(O)c1ccc(Cl)c(F)c1)c1c(C)nn(C)c1C. The monoisotopic (exact) mass is 339 g/mol. The largest absolute Gasteiger partial charge is 0.387 e. The molecule has 2 N–H and O–H groups in total. The van der Waals surface area contributed by atoms with Crippen LogP contribution in [0.25, 0.3) is 0 Å². The molecule has 2 rings (SSSR count). The number of aliphatic hydroxyl groups is 1. The number of aryl methyl sites for hydroxylation is 2. The number of halogens is 2. The number of rotatable bonds is 6. The van der Waals surface area contributed by atoms with Gasteiger partial charge in [-0.15, -0.1) is 0 Å². The quantitative estimate of drug-likeness (QED) is 0.845. The van der Waals surface area contributed by atoms with Crippen LogP contribution in [0.5, 0.6) is 0 Å². The van der Waals surface area contributed by atoms with Crippen LogP contribution in [-0.4, -0.2) is 21.4 Å². The second-order valence-corrected chi connectivity index (χ2v) is 6.17. The molecule has 0 saturated heterocycles. The summed E-state index contributed by atoms with van der Waals surface area (Å²) in [6, 6.07) is 4.47. The van der Waals surface area contributed by atoms with Crippen LogP contribution in [0.2, 0.25) is 5.02 Å². The molecule has 0 aliphatic rings. The van der Waals surface area contributed by atoms with Gasteiger partial charge in [0.1, 0.15) is 5.82 Å². The molecular formula is C17H23ClFN3O. The van der Waals surface area contributed by atoms with Crippen molar-refractivity contribution in [2.75, 3.05) is 6.54 Å². The minimum absolute atomic E-state index is 0.0574. The minimum Gasteiger partial charge on any atom is -0.387 e. The van der Waals surface area contributed by atoms with Gasteiger partial charge in [-0.3, -0.25) is 4.68 Å². The molecule has 2 unspecified atom stereocenters. The highest BCUT2D eigenvalue weighted by atomic mass is 35.5. The van der Waals surface area contributed by atoms with E-state index in [0.717, 1.165) is 23.4 Å². The summed E-state index contributed by atoms with van der Waals surface area (Å²) >= 11 is 5.67. The van der Waals surface area contributed by atoms with Crippen LogP contribution in [0.1, 0.15) is 48.0 Å². The van der Waals surface area contributed by atoms with Crippen molar-refractivity contribution in [3.05, 3.63) is 51.6 Å². The summed E-state index contributed by atoms with van der Waals surface area (Å²) in [5.41, 5.74) is 3.75. The molecule has 0 bridgehead atoms. The summed E-state index contributed by atoms with van der Waals surface area (Å²) in [4.78, 5) is 0. The molecule has 0 saturated carbocycles. The topological polar surface area (TPSA) is 50.1 Å². The van der Waals surface area contributed by atoms with Crippen molar-refractivity contribution in [1.82, 2.24) is 15.1 Å². The van der Waals surface area contributed by atoms with E-state index in [9.17, 15) is 9.50 Å². The summed E-state index contributed by atoms with van der Waals surface area (Å²) in [5, 5.41) is 18.1. The third-order valence-corrected chi connectivity index (χ3v) is 4.51. The standard InChI is InChI=1S/C17H23ClFN3O/c1-5-15(17-10(2)21-22(4)11(17)3)20-9-16(23)12-6-7-13(18)14(19)8-12/h6-8,15-16,20,23H,5,9H2,1-4H3. The van der Waals surface area contributed by atoms with Crippen LogP contribution in [0.4, 0.5) is 4.39 Å². The fourth-order valence-electron chi connectivity index (χ4n) is 2.84. The van der Waals surface area contributed by atoms with Gasteiger partial charge in [-0.05, 0) is 38.0 Å². The summed E-state index contributed by atoms with van der Waals surface area (Å²) in [6.07, 6.45) is 0.0721. The van der Waals surface area contributed by atoms with E-state index in [1.165, 1.54) is 12.1 Å². The van der Waals surface area contributed by atoms with E-state index >= 15 is 0 Å². The Morgan fingerprint density at radius 2 is 2.09 bits per heavy atom. The molecule has 0 radical (unpaired) electrons. The lowest BCUT2D eigenvalue weighted by Crippen LogP contribution is -2.27. The van der Waals surface area contributed by atoms with Crippen LogP contribution in [-0.2, 0) is 7.05 Å². The average molecular weight is 340 g/mol. The van der Waals surface area contributed by atoms with Gasteiger partial charge in [-0.1, -0.05) is 24.6 Å². The molecule has 2 aromatic rings. The highest BCUT2D eigenvalue weighted by molar-refractivity contribution is 6.30. The van der Waals surface area contributed by atoms with Crippen molar-refractivity contribution in [1.29, 1.82) is 0 Å². The van der Waals surface area contributed by atoms with Crippen molar-refractivity contribution in [2.45, 2.75) is 39.3 Å². The van der Waals surface area contributed by atoms with Crippen molar-refractivity contribution >= 4 is 11.6 Å². The number of nitrogens with zero attached hydrogens (tertiary/aromatic N) is 2. The van der Waals surface area contributed by atoms with Gasteiger partial charge >= 0.3 is 0 Å². The van der Waals surface area contributed by atoms with Crippen LogP contribution in [0.3, 0.4) is 0 Å². The first-order valence-electron chi connectivity index (χ1n) is 7.71. The van der Waals surface area contributed by atoms with E-state index in [1.54, 1.807) is 6.07 Å². The number of nitrogens with one attached hydrogen (secondary N) is 1. The Morgan fingerprint density at radius 1 is 1.39 bits per heavy atom. The Balaban J connectivity index is 2.09. The van der Waals surface area contributed by atoms with E-state index in [2.05, 4.69) is 17.3 Å². The van der Waals surface area contributed by atoms with Crippen LogP contribution in [0.15, 0.2) is 18.2 Å². The van der Waals surface area contributed by atoms with Crippen molar-refractivity contribution in [3.63, 3.8) is 0 Å². The molecule has 23 heavy (non-hydrogen) atoms. The maximum atomic E-state index is 13.5. The second-order valence-electron chi connectivity index (χ2n) is 5.77. The number of benzene rings is 1. The van der Waals surface area contributed by atoms with E-state index < -0.39 is 11.9 Å². The molecule has 0 fully saturated rings. The van der Waals surface area contributed by atoms with E-state index in [1.807, 2.05) is 25.6 Å². The minimum atomic E-state index is -0.798. The maximum Gasteiger partial charge on any atom is 0.142 e. The molecule has 0 amide bonds. The Labute approximate surface area is 141 Å².